The molecule has 0 saturated carbocycles. The fourth-order valence-corrected chi connectivity index (χ4v) is 4.47. The van der Waals surface area contributed by atoms with Crippen LogP contribution in [0.1, 0.15) is 52.9 Å². The van der Waals surface area contributed by atoms with Crippen LogP contribution >= 0.6 is 23.1 Å². The van der Waals surface area contributed by atoms with Crippen LogP contribution in [-0.4, -0.2) is 22.4 Å². The van der Waals surface area contributed by atoms with E-state index in [0.717, 1.165) is 22.8 Å². The summed E-state index contributed by atoms with van der Waals surface area (Å²) in [6.07, 6.45) is 1.30. The van der Waals surface area contributed by atoms with Crippen LogP contribution in [0.2, 0.25) is 0 Å². The molecule has 1 aliphatic rings. The number of Topliss-reactive ketones (excluding diaryl/α,β-unsaturated/α-hetero) is 1. The predicted octanol–water partition coefficient (Wildman–Crippen LogP) is 4.66. The van der Waals surface area contributed by atoms with Crippen LogP contribution in [0, 0.1) is 5.41 Å². The number of aromatic nitrogens is 1. The Bertz CT molecular complexity index is 796. The van der Waals surface area contributed by atoms with E-state index >= 15 is 0 Å². The molecule has 1 aromatic carbocycles. The summed E-state index contributed by atoms with van der Waals surface area (Å²) in [5, 5.41) is 3.34. The fourth-order valence-electron chi connectivity index (χ4n) is 2.84. The molecule has 0 radical (unpaired) electrons. The van der Waals surface area contributed by atoms with Crippen molar-refractivity contribution < 1.29 is 9.59 Å². The molecule has 0 spiro atoms. The highest BCUT2D eigenvalue weighted by atomic mass is 32.2. The largest absolute Gasteiger partial charge is 0.298 e. The lowest BCUT2D eigenvalue weighted by Crippen LogP contribution is -2.26. The third kappa shape index (κ3) is 3.70. The Morgan fingerprint density at radius 1 is 1.38 bits per heavy atom. The van der Waals surface area contributed by atoms with Gasteiger partial charge in [-0.05, 0) is 35.8 Å². The lowest BCUT2D eigenvalue weighted by atomic mass is 9.78. The van der Waals surface area contributed by atoms with Gasteiger partial charge >= 0.3 is 0 Å². The average Bonchev–Trinajstić information content (AvgIpc) is 2.89. The van der Waals surface area contributed by atoms with Gasteiger partial charge in [-0.1, -0.05) is 38.2 Å². The molecule has 6 heteroatoms. The van der Waals surface area contributed by atoms with E-state index in [0.29, 0.717) is 22.0 Å². The van der Waals surface area contributed by atoms with Crippen molar-refractivity contribution >= 4 is 39.9 Å². The molecule has 0 fully saturated rings. The topological polar surface area (TPSA) is 59.1 Å². The minimum atomic E-state index is -0.189. The van der Waals surface area contributed by atoms with Gasteiger partial charge in [-0.2, -0.15) is 0 Å². The van der Waals surface area contributed by atoms with Crippen molar-refractivity contribution in [2.75, 3.05) is 11.1 Å². The normalized spacial score (nSPS) is 15.9. The summed E-state index contributed by atoms with van der Waals surface area (Å²) >= 11 is 2.98. The van der Waals surface area contributed by atoms with Crippen molar-refractivity contribution in [1.29, 1.82) is 0 Å². The number of amides is 1. The molecule has 1 aliphatic carbocycles. The quantitative estimate of drug-likeness (QED) is 0.806. The molecule has 1 aromatic heterocycles. The molecular formula is C18H20N2O2S2. The molecule has 126 valence electrons. The van der Waals surface area contributed by atoms with Gasteiger partial charge in [0, 0.05) is 16.9 Å². The monoisotopic (exact) mass is 360 g/mol. The van der Waals surface area contributed by atoms with E-state index < -0.39 is 0 Å². The summed E-state index contributed by atoms with van der Waals surface area (Å²) in [6, 6.07) is 7.54. The van der Waals surface area contributed by atoms with Gasteiger partial charge in [0.2, 0.25) is 0 Å². The van der Waals surface area contributed by atoms with Gasteiger partial charge in [-0.3, -0.25) is 14.9 Å². The summed E-state index contributed by atoms with van der Waals surface area (Å²) in [5.41, 5.74) is 1.35. The highest BCUT2D eigenvalue weighted by Crippen LogP contribution is 2.38. The van der Waals surface area contributed by atoms with Crippen LogP contribution < -0.4 is 5.32 Å². The molecule has 1 amide bonds. The first-order valence-corrected chi connectivity index (χ1v) is 9.75. The molecule has 0 bridgehead atoms. The smallest absolute Gasteiger partial charge is 0.257 e. The lowest BCUT2D eigenvalue weighted by Gasteiger charge is -2.26. The summed E-state index contributed by atoms with van der Waals surface area (Å²) in [4.78, 5) is 30.9. The minimum Gasteiger partial charge on any atom is -0.298 e. The summed E-state index contributed by atoms with van der Waals surface area (Å²) in [5.74, 6) is 0.897. The Hall–Kier alpha value is -1.66. The van der Waals surface area contributed by atoms with Crippen molar-refractivity contribution in [3.8, 4) is 0 Å². The van der Waals surface area contributed by atoms with E-state index in [2.05, 4.69) is 31.1 Å². The zero-order valence-electron chi connectivity index (χ0n) is 14.0. The first-order chi connectivity index (χ1) is 11.4. The number of carbonyl (C=O) groups is 2. The van der Waals surface area contributed by atoms with Gasteiger partial charge in [0.05, 0.1) is 10.6 Å². The zero-order chi connectivity index (χ0) is 17.3. The van der Waals surface area contributed by atoms with E-state index in [1.807, 2.05) is 18.2 Å². The third-order valence-electron chi connectivity index (χ3n) is 3.86. The molecule has 3 rings (SSSR count). The first-order valence-electron chi connectivity index (χ1n) is 7.95. The van der Waals surface area contributed by atoms with Crippen molar-refractivity contribution in [3.63, 3.8) is 0 Å². The number of fused-ring (bicyclic) bond motifs is 1. The maximum atomic E-state index is 12.5. The van der Waals surface area contributed by atoms with Gasteiger partial charge in [0.25, 0.3) is 5.91 Å². The minimum absolute atomic E-state index is 0.0643. The number of rotatable bonds is 4. The molecule has 1 N–H and O–H groups in total. The van der Waals surface area contributed by atoms with Gasteiger partial charge < -0.3 is 0 Å². The number of thiazole rings is 1. The number of benzene rings is 1. The molecule has 0 aliphatic heterocycles. The molecule has 2 aromatic rings. The Kier molecular flexibility index (Phi) is 4.78. The van der Waals surface area contributed by atoms with Crippen molar-refractivity contribution in [2.24, 2.45) is 5.41 Å². The number of carbonyl (C=O) groups excluding carboxylic acids is 2. The standard InChI is InChI=1S/C18H20N2O2S2/c1-4-23-12-7-5-6-11(8-12)16(22)20-17-19-13-9-18(2,3)10-14(21)15(13)24-17/h5-8H,4,9-10H2,1-3H3,(H,19,20,22). The van der Waals surface area contributed by atoms with Gasteiger partial charge in [0.15, 0.2) is 10.9 Å². The van der Waals surface area contributed by atoms with Crippen LogP contribution in [0.15, 0.2) is 29.2 Å². The fraction of sp³-hybridized carbons (Fsp3) is 0.389. The number of hydrogen-bond donors (Lipinski definition) is 1. The van der Waals surface area contributed by atoms with Crippen molar-refractivity contribution in [2.45, 2.75) is 38.5 Å². The summed E-state index contributed by atoms with van der Waals surface area (Å²) in [7, 11) is 0. The van der Waals surface area contributed by atoms with Gasteiger partial charge in [0.1, 0.15) is 0 Å². The van der Waals surface area contributed by atoms with Crippen molar-refractivity contribution in [3.05, 3.63) is 40.4 Å². The first kappa shape index (κ1) is 17.2. The number of hydrogen-bond acceptors (Lipinski definition) is 5. The second-order valence-electron chi connectivity index (χ2n) is 6.65. The Balaban J connectivity index is 1.79. The maximum Gasteiger partial charge on any atom is 0.257 e. The molecule has 0 saturated heterocycles. The van der Waals surface area contributed by atoms with Crippen LogP contribution in [0.4, 0.5) is 5.13 Å². The highest BCUT2D eigenvalue weighted by molar-refractivity contribution is 7.99. The number of ketones is 1. The van der Waals surface area contributed by atoms with E-state index in [9.17, 15) is 9.59 Å². The second-order valence-corrected chi connectivity index (χ2v) is 8.99. The average molecular weight is 361 g/mol. The molecule has 4 nitrogen and oxygen atoms in total. The molecule has 0 atom stereocenters. The van der Waals surface area contributed by atoms with E-state index in [1.54, 1.807) is 17.8 Å². The van der Waals surface area contributed by atoms with Crippen LogP contribution in [0.5, 0.6) is 0 Å². The highest BCUT2D eigenvalue weighted by Gasteiger charge is 2.34. The van der Waals surface area contributed by atoms with E-state index in [4.69, 9.17) is 0 Å². The Morgan fingerprint density at radius 3 is 2.92 bits per heavy atom. The van der Waals surface area contributed by atoms with Gasteiger partial charge in [-0.15, -0.1) is 11.8 Å². The second kappa shape index (κ2) is 6.69. The molecule has 0 unspecified atom stereocenters. The number of thioether (sulfide) groups is 1. The molecule has 24 heavy (non-hydrogen) atoms. The van der Waals surface area contributed by atoms with E-state index in [1.165, 1.54) is 11.3 Å². The van der Waals surface area contributed by atoms with Crippen LogP contribution in [0.25, 0.3) is 0 Å². The van der Waals surface area contributed by atoms with Crippen LogP contribution in [0.3, 0.4) is 0 Å². The lowest BCUT2D eigenvalue weighted by molar-refractivity contribution is 0.0915. The SMILES string of the molecule is CCSc1cccc(C(=O)Nc2nc3c(s2)C(=O)CC(C)(C)C3)c1. The zero-order valence-corrected chi connectivity index (χ0v) is 15.6. The van der Waals surface area contributed by atoms with Crippen LogP contribution in [-0.2, 0) is 6.42 Å². The summed E-state index contributed by atoms with van der Waals surface area (Å²) in [6.45, 7) is 6.22. The number of nitrogens with one attached hydrogen (secondary N) is 1. The molecular weight excluding hydrogens is 340 g/mol. The third-order valence-corrected chi connectivity index (χ3v) is 5.79. The number of anilines is 1. The Labute approximate surface area is 150 Å². The van der Waals surface area contributed by atoms with E-state index in [-0.39, 0.29) is 17.1 Å². The van der Waals surface area contributed by atoms with Crippen molar-refractivity contribution in [1.82, 2.24) is 4.98 Å². The molecule has 1 heterocycles. The number of nitrogens with zero attached hydrogens (tertiary/aromatic N) is 1. The predicted molar refractivity (Wildman–Crippen MR) is 99.3 cm³/mol. The van der Waals surface area contributed by atoms with Gasteiger partial charge in [-0.25, -0.2) is 4.98 Å². The maximum absolute atomic E-state index is 12.5. The Morgan fingerprint density at radius 2 is 2.17 bits per heavy atom. The summed E-state index contributed by atoms with van der Waals surface area (Å²) < 4.78 is 0.